The lowest BCUT2D eigenvalue weighted by molar-refractivity contribution is -0.115. The van der Waals surface area contributed by atoms with Crippen molar-refractivity contribution in [2.24, 2.45) is 0 Å². The highest BCUT2D eigenvalue weighted by Gasteiger charge is 2.18. The van der Waals surface area contributed by atoms with Crippen molar-refractivity contribution in [1.82, 2.24) is 20.4 Å². The molecule has 2 heterocycles. The van der Waals surface area contributed by atoms with Crippen LogP contribution in [0, 0.1) is 11.6 Å². The second kappa shape index (κ2) is 9.36. The molecule has 0 aliphatic carbocycles. The van der Waals surface area contributed by atoms with E-state index in [1.807, 2.05) is 0 Å². The number of carbonyl (C=O) groups excluding carboxylic acids is 2. The number of rotatable bonds is 7. The van der Waals surface area contributed by atoms with Gasteiger partial charge in [-0.3, -0.25) is 9.59 Å². The molecular weight excluding hydrogens is 372 g/mol. The van der Waals surface area contributed by atoms with Crippen molar-refractivity contribution in [2.75, 3.05) is 31.5 Å². The fourth-order valence-corrected chi connectivity index (χ4v) is 2.93. The van der Waals surface area contributed by atoms with Crippen molar-refractivity contribution in [3.63, 3.8) is 0 Å². The van der Waals surface area contributed by atoms with E-state index in [0.717, 1.165) is 31.8 Å². The van der Waals surface area contributed by atoms with Crippen LogP contribution in [0.3, 0.4) is 0 Å². The van der Waals surface area contributed by atoms with Gasteiger partial charge in [-0.15, -0.1) is 0 Å². The van der Waals surface area contributed by atoms with Crippen LogP contribution in [0.1, 0.15) is 35.8 Å². The third-order valence-electron chi connectivity index (χ3n) is 4.35. The Morgan fingerprint density at radius 1 is 1.18 bits per heavy atom. The van der Waals surface area contributed by atoms with E-state index in [1.165, 1.54) is 19.3 Å². The van der Waals surface area contributed by atoms with Crippen LogP contribution >= 0.6 is 0 Å². The molecule has 0 radical (unpaired) electrons. The van der Waals surface area contributed by atoms with Gasteiger partial charge in [0.25, 0.3) is 0 Å². The predicted octanol–water partition coefficient (Wildman–Crippen LogP) is 1.74. The molecule has 0 bridgehead atoms. The molecule has 1 aliphatic rings. The van der Waals surface area contributed by atoms with Gasteiger partial charge in [-0.05, 0) is 38.1 Å². The highest BCUT2D eigenvalue weighted by molar-refractivity contribution is 5.92. The smallest absolute Gasteiger partial charge is 0.315 e. The summed E-state index contributed by atoms with van der Waals surface area (Å²) in [5.74, 6) is -3.03. The average molecular weight is 393 g/mol. The molecule has 28 heavy (non-hydrogen) atoms. The normalized spacial score (nSPS) is 14.6. The van der Waals surface area contributed by atoms with Crippen LogP contribution in [0.15, 0.2) is 22.7 Å². The molecule has 8 nitrogen and oxygen atoms in total. The summed E-state index contributed by atoms with van der Waals surface area (Å²) in [6.45, 7) is 3.27. The number of hydrogen-bond donors (Lipinski definition) is 2. The Balaban J connectivity index is 1.46. The van der Waals surface area contributed by atoms with Crippen LogP contribution in [0.5, 0.6) is 0 Å². The molecule has 0 saturated carbocycles. The Morgan fingerprint density at radius 2 is 1.96 bits per heavy atom. The van der Waals surface area contributed by atoms with E-state index >= 15 is 0 Å². The number of hydrogen-bond acceptors (Lipinski definition) is 6. The minimum atomic E-state index is -0.893. The molecule has 2 N–H and O–H groups in total. The molecule has 1 fully saturated rings. The Hall–Kier alpha value is -2.88. The maximum Gasteiger partial charge on any atom is 0.315 e. The molecule has 10 heteroatoms. The quantitative estimate of drug-likeness (QED) is 0.743. The van der Waals surface area contributed by atoms with Gasteiger partial charge >= 0.3 is 11.8 Å². The molecule has 1 aromatic carbocycles. The Morgan fingerprint density at radius 3 is 2.71 bits per heavy atom. The zero-order valence-corrected chi connectivity index (χ0v) is 15.2. The Kier molecular flexibility index (Phi) is 6.64. The van der Waals surface area contributed by atoms with Gasteiger partial charge in [-0.2, -0.15) is 4.98 Å². The molecular formula is C18H21F2N5O3. The number of anilines is 1. The maximum atomic E-state index is 13.6. The molecule has 1 aromatic heterocycles. The lowest BCUT2D eigenvalue weighted by atomic mass is 10.1. The number of nitrogens with one attached hydrogen (secondary N) is 2. The predicted molar refractivity (Wildman–Crippen MR) is 95.6 cm³/mol. The molecule has 0 unspecified atom stereocenters. The molecule has 3 rings (SSSR count). The molecule has 0 atom stereocenters. The number of piperidine rings is 1. The topological polar surface area (TPSA) is 100 Å². The zero-order chi connectivity index (χ0) is 19.9. The molecule has 2 aromatic rings. The number of benzene rings is 1. The Bertz CT molecular complexity index is 836. The van der Waals surface area contributed by atoms with E-state index < -0.39 is 23.4 Å². The summed E-state index contributed by atoms with van der Waals surface area (Å²) in [5.41, 5.74) is -0.162. The van der Waals surface area contributed by atoms with E-state index in [2.05, 4.69) is 25.7 Å². The summed E-state index contributed by atoms with van der Waals surface area (Å²) in [5, 5.41) is 8.57. The van der Waals surface area contributed by atoms with Gasteiger partial charge in [-0.25, -0.2) is 8.78 Å². The van der Waals surface area contributed by atoms with Gasteiger partial charge in [0.1, 0.15) is 11.6 Å². The third kappa shape index (κ3) is 5.56. The first-order valence-electron chi connectivity index (χ1n) is 9.09. The largest absolute Gasteiger partial charge is 0.347 e. The highest BCUT2D eigenvalue weighted by atomic mass is 19.1. The molecule has 1 saturated heterocycles. The van der Waals surface area contributed by atoms with Crippen molar-refractivity contribution in [2.45, 2.75) is 25.7 Å². The number of amides is 2. The fourth-order valence-electron chi connectivity index (χ4n) is 2.93. The third-order valence-corrected chi connectivity index (χ3v) is 4.35. The average Bonchev–Trinajstić information content (AvgIpc) is 3.13. The number of aromatic nitrogens is 2. The van der Waals surface area contributed by atoms with Gasteiger partial charge in [0.05, 0.1) is 12.1 Å². The minimum absolute atomic E-state index is 0.0128. The van der Waals surface area contributed by atoms with Crippen LogP contribution in [0.25, 0.3) is 0 Å². The molecule has 0 spiro atoms. The van der Waals surface area contributed by atoms with E-state index in [9.17, 15) is 18.4 Å². The van der Waals surface area contributed by atoms with Crippen LogP contribution in [0.4, 0.5) is 14.5 Å². The molecule has 1 aliphatic heterocycles. The van der Waals surface area contributed by atoms with Crippen molar-refractivity contribution >= 4 is 17.5 Å². The van der Waals surface area contributed by atoms with Crippen molar-refractivity contribution in [3.05, 3.63) is 41.5 Å². The van der Waals surface area contributed by atoms with E-state index in [0.29, 0.717) is 12.6 Å². The van der Waals surface area contributed by atoms with Gasteiger partial charge in [0, 0.05) is 19.2 Å². The summed E-state index contributed by atoms with van der Waals surface area (Å²) >= 11 is 0. The zero-order valence-electron chi connectivity index (χ0n) is 15.2. The molecule has 150 valence electrons. The highest BCUT2D eigenvalue weighted by Crippen LogP contribution is 2.15. The van der Waals surface area contributed by atoms with Crippen LogP contribution in [-0.4, -0.2) is 53.0 Å². The number of nitrogens with zero attached hydrogens (tertiary/aromatic N) is 3. The van der Waals surface area contributed by atoms with Gasteiger partial charge in [0.2, 0.25) is 5.91 Å². The van der Waals surface area contributed by atoms with E-state index in [1.54, 1.807) is 0 Å². The van der Waals surface area contributed by atoms with Crippen molar-refractivity contribution in [3.8, 4) is 0 Å². The number of carbonyl (C=O) groups is 2. The first-order valence-corrected chi connectivity index (χ1v) is 9.09. The van der Waals surface area contributed by atoms with Gasteiger partial charge < -0.3 is 20.1 Å². The van der Waals surface area contributed by atoms with Gasteiger partial charge in [0.15, 0.2) is 5.82 Å². The van der Waals surface area contributed by atoms with Crippen molar-refractivity contribution in [1.29, 1.82) is 0 Å². The molecule has 2 amide bonds. The van der Waals surface area contributed by atoms with Crippen LogP contribution in [-0.2, 0) is 11.2 Å². The van der Waals surface area contributed by atoms with Crippen molar-refractivity contribution < 1.29 is 22.9 Å². The summed E-state index contributed by atoms with van der Waals surface area (Å²) in [6.07, 6.45) is 3.27. The standard InChI is InChI=1S/C18H21F2N5O3/c19-12-4-5-14(13(20)10-12)22-16(26)11-15-23-18(28-24-15)17(27)21-6-9-25-7-2-1-3-8-25/h4-5,10H,1-3,6-9,11H2,(H,21,27)(H,22,26). The minimum Gasteiger partial charge on any atom is -0.347 e. The van der Waals surface area contributed by atoms with E-state index in [-0.39, 0.29) is 23.8 Å². The summed E-state index contributed by atoms with van der Waals surface area (Å²) < 4.78 is 31.3. The van der Waals surface area contributed by atoms with Gasteiger partial charge in [-0.1, -0.05) is 11.6 Å². The fraction of sp³-hybridized carbons (Fsp3) is 0.444. The first-order chi connectivity index (χ1) is 13.5. The number of halogens is 2. The second-order valence-electron chi connectivity index (χ2n) is 6.52. The lowest BCUT2D eigenvalue weighted by Crippen LogP contribution is -2.37. The maximum absolute atomic E-state index is 13.6. The Labute approximate surface area is 160 Å². The summed E-state index contributed by atoms with van der Waals surface area (Å²) in [4.78, 5) is 30.1. The number of likely N-dealkylation sites (tertiary alicyclic amines) is 1. The first kappa shape index (κ1) is 19.9. The van der Waals surface area contributed by atoms with Crippen LogP contribution in [0.2, 0.25) is 0 Å². The summed E-state index contributed by atoms with van der Waals surface area (Å²) in [6, 6.07) is 2.80. The summed E-state index contributed by atoms with van der Waals surface area (Å²) in [7, 11) is 0. The van der Waals surface area contributed by atoms with E-state index in [4.69, 9.17) is 4.52 Å². The second-order valence-corrected chi connectivity index (χ2v) is 6.52. The monoisotopic (exact) mass is 393 g/mol. The van der Waals surface area contributed by atoms with Crippen LogP contribution < -0.4 is 10.6 Å². The lowest BCUT2D eigenvalue weighted by Gasteiger charge is -2.26. The SMILES string of the molecule is O=C(Cc1noc(C(=O)NCCN2CCCCC2)n1)Nc1ccc(F)cc1F.